The summed E-state index contributed by atoms with van der Waals surface area (Å²) in [5, 5.41) is 0. The van der Waals surface area contributed by atoms with E-state index in [1.165, 1.54) is 0 Å². The Morgan fingerprint density at radius 3 is 0.891 bits per heavy atom. The quantitative estimate of drug-likeness (QED) is 0.0267. The van der Waals surface area contributed by atoms with Crippen LogP contribution in [0.15, 0.2) is 243 Å². The van der Waals surface area contributed by atoms with Gasteiger partial charge in [0, 0.05) is 13.0 Å². The topological polar surface area (TPSA) is 215 Å². The molecule has 2 fully saturated rings. The van der Waals surface area contributed by atoms with Crippen molar-refractivity contribution in [1.82, 2.24) is 0 Å². The fraction of sp³-hybridized carbons (Fsp3) is 0.290. The maximum Gasteiger partial charge on any atom is 0.475 e. The number of carbonyl (C=O) groups excluding carboxylic acids is 1. The number of rotatable bonds is 35. The molecule has 0 bridgehead atoms. The molecule has 23 heteroatoms. The number of esters is 1. The van der Waals surface area contributed by atoms with Crippen LogP contribution in [0.5, 0.6) is 0 Å². The Bertz CT molecular complexity index is 3510. The Hall–Kier alpha value is -6.37. The number of phosphoric ester groups is 4. The molecule has 10 rings (SSSR count). The number of hydrogen-bond acceptors (Lipinski definition) is 19. The standard InChI is InChI=1S/C69H74O19P4/c1-2-28-63(70)84-69-45-27-46-75-67(69)65(86-90(72,78-49-57-33-15-5-16-34-57)79-50-58-35-17-6-18-36-58)64(85-89(71,76-47-55-29-11-3-12-30-55)77-48-56-31-13-4-14-32-56)66(87-91(73,80-51-59-37-19-7-20-38-59)81-52-60-39-21-8-22-40-60)68(69)88-92(74,82-53-61-41-23-9-24-42-61)83-54-62-43-25-10-26-44-62/h3-26,29-44,64-68H,2,27-28,45-54H2,1H3. The molecule has 0 N–H and O–H groups in total. The van der Waals surface area contributed by atoms with Crippen LogP contribution in [0.1, 0.15) is 77.1 Å². The molecule has 0 spiro atoms. The van der Waals surface area contributed by atoms with Crippen LogP contribution in [0, 0.1) is 0 Å². The van der Waals surface area contributed by atoms with Crippen molar-refractivity contribution < 1.29 is 86.8 Å². The van der Waals surface area contributed by atoms with Crippen molar-refractivity contribution >= 4 is 37.3 Å². The summed E-state index contributed by atoms with van der Waals surface area (Å²) >= 11 is 0. The smallest absolute Gasteiger partial charge is 0.453 e. The van der Waals surface area contributed by atoms with E-state index in [2.05, 4.69) is 0 Å². The lowest BCUT2D eigenvalue weighted by Crippen LogP contribution is -2.75. The molecule has 92 heavy (non-hydrogen) atoms. The Labute approximate surface area is 536 Å². The van der Waals surface area contributed by atoms with Gasteiger partial charge in [0.2, 0.25) is 0 Å². The molecule has 1 aliphatic carbocycles. The lowest BCUT2D eigenvalue weighted by atomic mass is 9.71. The van der Waals surface area contributed by atoms with Gasteiger partial charge in [0.05, 0.1) is 52.9 Å². The second-order valence-corrected chi connectivity index (χ2v) is 28.2. The van der Waals surface area contributed by atoms with Gasteiger partial charge in [-0.3, -0.25) is 59.1 Å². The van der Waals surface area contributed by atoms with Gasteiger partial charge in [-0.1, -0.05) is 250 Å². The van der Waals surface area contributed by atoms with E-state index >= 15 is 18.3 Å². The predicted molar refractivity (Wildman–Crippen MR) is 342 cm³/mol. The van der Waals surface area contributed by atoms with Gasteiger partial charge in [0.25, 0.3) is 0 Å². The van der Waals surface area contributed by atoms with Crippen molar-refractivity contribution in [3.8, 4) is 0 Å². The number of ether oxygens (including phenoxy) is 2. The second kappa shape index (κ2) is 33.6. The summed E-state index contributed by atoms with van der Waals surface area (Å²) in [5.74, 6) is -0.811. The van der Waals surface area contributed by atoms with Crippen molar-refractivity contribution in [3.05, 3.63) is 287 Å². The third kappa shape index (κ3) is 19.8. The van der Waals surface area contributed by atoms with Crippen molar-refractivity contribution in [2.24, 2.45) is 0 Å². The van der Waals surface area contributed by atoms with Crippen molar-refractivity contribution in [2.75, 3.05) is 6.61 Å². The van der Waals surface area contributed by atoms with E-state index in [0.29, 0.717) is 44.5 Å². The molecular formula is C69H74O19P4. The van der Waals surface area contributed by atoms with Crippen molar-refractivity contribution in [3.63, 3.8) is 0 Å². The van der Waals surface area contributed by atoms with E-state index in [0.717, 1.165) is 0 Å². The van der Waals surface area contributed by atoms with Crippen LogP contribution in [-0.2, 0) is 140 Å². The molecular weight excluding hydrogens is 1260 g/mol. The first-order valence-corrected chi connectivity index (χ1v) is 36.1. The molecule has 1 heterocycles. The number of fused-ring (bicyclic) bond motifs is 1. The molecule has 8 aromatic rings. The van der Waals surface area contributed by atoms with Gasteiger partial charge in [0.1, 0.15) is 30.5 Å². The summed E-state index contributed by atoms with van der Waals surface area (Å²) in [4.78, 5) is 14.8. The second-order valence-electron chi connectivity index (χ2n) is 21.7. The third-order valence-corrected chi connectivity index (χ3v) is 20.4. The van der Waals surface area contributed by atoms with Crippen LogP contribution >= 0.6 is 31.3 Å². The molecule has 6 unspecified atom stereocenters. The highest BCUT2D eigenvalue weighted by molar-refractivity contribution is 7.49. The van der Waals surface area contributed by atoms with Crippen LogP contribution in [0.2, 0.25) is 0 Å². The SMILES string of the molecule is CCCC(=O)OC12CCCOC1C(OP(=O)(OCc1ccccc1)OCc1ccccc1)C(OP(=O)(OCc1ccccc1)OCc1ccccc1)C(OP(=O)(OCc1ccccc1)OCc1ccccc1)C2OP(=O)(OCc1ccccc1)OCc1ccccc1. The third-order valence-electron chi connectivity index (χ3n) is 14.8. The summed E-state index contributed by atoms with van der Waals surface area (Å²) in [6, 6.07) is 70.3. The lowest BCUT2D eigenvalue weighted by molar-refractivity contribution is -0.290. The molecule has 1 saturated carbocycles. The first kappa shape index (κ1) is 68.5. The highest BCUT2D eigenvalue weighted by Gasteiger charge is 2.70. The zero-order valence-electron chi connectivity index (χ0n) is 50.7. The first-order valence-electron chi connectivity index (χ1n) is 30.2. The molecule has 0 radical (unpaired) electrons. The summed E-state index contributed by atoms with van der Waals surface area (Å²) in [6.07, 6.45) is -10.4. The van der Waals surface area contributed by atoms with Crippen molar-refractivity contribution in [2.45, 2.75) is 122 Å². The molecule has 0 amide bonds. The normalized spacial score (nSPS) is 19.4. The van der Waals surface area contributed by atoms with E-state index < -0.39 is 86.6 Å². The average molecular weight is 1330 g/mol. The predicted octanol–water partition coefficient (Wildman–Crippen LogP) is 17.0. The number of carbonyl (C=O) groups is 1. The van der Waals surface area contributed by atoms with Crippen LogP contribution in [0.4, 0.5) is 0 Å². The first-order chi connectivity index (χ1) is 44.8. The van der Waals surface area contributed by atoms with E-state index in [-0.39, 0.29) is 71.9 Å². The highest BCUT2D eigenvalue weighted by Crippen LogP contribution is 2.65. The zero-order chi connectivity index (χ0) is 64.0. The van der Waals surface area contributed by atoms with Gasteiger partial charge in [0.15, 0.2) is 5.60 Å². The monoisotopic (exact) mass is 1330 g/mol. The molecule has 8 aromatic carbocycles. The summed E-state index contributed by atoms with van der Waals surface area (Å²) < 4.78 is 158. The van der Waals surface area contributed by atoms with Gasteiger partial charge in [-0.25, -0.2) is 18.3 Å². The molecule has 6 atom stereocenters. The highest BCUT2D eigenvalue weighted by atomic mass is 31.2. The van der Waals surface area contributed by atoms with E-state index in [4.69, 9.17) is 63.8 Å². The van der Waals surface area contributed by atoms with Gasteiger partial charge < -0.3 is 9.47 Å². The zero-order valence-corrected chi connectivity index (χ0v) is 54.3. The minimum atomic E-state index is -5.26. The Morgan fingerprint density at radius 1 is 0.370 bits per heavy atom. The minimum Gasteiger partial charge on any atom is -0.453 e. The van der Waals surface area contributed by atoms with E-state index in [1.54, 1.807) is 250 Å². The maximum atomic E-state index is 16.5. The fourth-order valence-electron chi connectivity index (χ4n) is 10.3. The number of phosphoric acid groups is 4. The van der Waals surface area contributed by atoms with Crippen LogP contribution in [-0.4, -0.2) is 48.7 Å². The molecule has 19 nitrogen and oxygen atoms in total. The van der Waals surface area contributed by atoms with Gasteiger partial charge >= 0.3 is 37.3 Å². The Balaban J connectivity index is 1.21. The maximum absolute atomic E-state index is 16.5. The molecule has 0 aromatic heterocycles. The van der Waals surface area contributed by atoms with Gasteiger partial charge in [-0.05, 0) is 63.8 Å². The number of benzene rings is 8. The average Bonchev–Trinajstić information content (AvgIpc) is 0.714. The van der Waals surface area contributed by atoms with Gasteiger partial charge in [-0.2, -0.15) is 0 Å². The van der Waals surface area contributed by atoms with Gasteiger partial charge in [-0.15, -0.1) is 0 Å². The number of hydrogen-bond donors (Lipinski definition) is 0. The van der Waals surface area contributed by atoms with Crippen molar-refractivity contribution in [1.29, 1.82) is 0 Å². The van der Waals surface area contributed by atoms with E-state index in [9.17, 15) is 4.79 Å². The molecule has 1 saturated heterocycles. The fourth-order valence-corrected chi connectivity index (χ4v) is 15.7. The minimum absolute atomic E-state index is 0.0825. The summed E-state index contributed by atoms with van der Waals surface area (Å²) in [7, 11) is -20.8. The molecule has 484 valence electrons. The Kier molecular flexibility index (Phi) is 25.0. The summed E-state index contributed by atoms with van der Waals surface area (Å²) in [6.45, 7) is -1.32. The van der Waals surface area contributed by atoms with Crippen LogP contribution in [0.3, 0.4) is 0 Å². The molecule has 2 aliphatic rings. The Morgan fingerprint density at radius 2 is 0.620 bits per heavy atom. The summed E-state index contributed by atoms with van der Waals surface area (Å²) in [5.41, 5.74) is 2.02. The lowest BCUT2D eigenvalue weighted by Gasteiger charge is -2.57. The largest absolute Gasteiger partial charge is 0.475 e. The van der Waals surface area contributed by atoms with E-state index in [1.807, 2.05) is 0 Å². The van der Waals surface area contributed by atoms with Crippen LogP contribution in [0.25, 0.3) is 0 Å². The van der Waals surface area contributed by atoms with Crippen LogP contribution < -0.4 is 0 Å². The molecule has 1 aliphatic heterocycles.